The lowest BCUT2D eigenvalue weighted by atomic mass is 10.4. The Morgan fingerprint density at radius 2 is 2.40 bits per heavy atom. The van der Waals surface area contributed by atoms with Gasteiger partial charge < -0.3 is 11.1 Å². The van der Waals surface area contributed by atoms with E-state index in [-0.39, 0.29) is 0 Å². The number of nitrogen functional groups attached to an aromatic ring is 1. The van der Waals surface area contributed by atoms with Gasteiger partial charge in [-0.15, -0.1) is 0 Å². The fraction of sp³-hybridized carbons (Fsp3) is 0.200. The molecule has 2 aromatic rings. The number of nitrogens with one attached hydrogen (secondary N) is 1. The first-order valence-electron chi connectivity index (χ1n) is 4.79. The molecule has 0 aromatic carbocycles. The van der Waals surface area contributed by atoms with Crippen LogP contribution in [0.4, 0.5) is 17.2 Å². The van der Waals surface area contributed by atoms with Crippen LogP contribution < -0.4 is 11.1 Å². The highest BCUT2D eigenvalue weighted by Crippen LogP contribution is 2.18. The van der Waals surface area contributed by atoms with Gasteiger partial charge in [0, 0.05) is 18.9 Å². The second kappa shape index (κ2) is 4.00. The maximum atomic E-state index is 5.76. The molecule has 0 fully saturated rings. The van der Waals surface area contributed by atoms with Crippen molar-refractivity contribution in [1.29, 1.82) is 0 Å². The number of hydrogen-bond donors (Lipinski definition) is 2. The lowest BCUT2D eigenvalue weighted by Crippen LogP contribution is -1.97. The van der Waals surface area contributed by atoms with Gasteiger partial charge in [0.05, 0.1) is 17.6 Å². The minimum absolute atomic E-state index is 0.627. The molecular formula is C10H13N5. The van der Waals surface area contributed by atoms with Crippen LogP contribution in [0.15, 0.2) is 30.7 Å². The van der Waals surface area contributed by atoms with Crippen molar-refractivity contribution >= 4 is 17.2 Å². The zero-order valence-corrected chi connectivity index (χ0v) is 8.51. The van der Waals surface area contributed by atoms with E-state index in [1.54, 1.807) is 24.5 Å². The van der Waals surface area contributed by atoms with Crippen molar-refractivity contribution < 1.29 is 0 Å². The number of rotatable bonds is 3. The van der Waals surface area contributed by atoms with Crippen molar-refractivity contribution in [2.45, 2.75) is 13.5 Å². The molecule has 3 N–H and O–H groups in total. The smallest absolute Gasteiger partial charge is 0.153 e. The Hall–Kier alpha value is -2.04. The summed E-state index contributed by atoms with van der Waals surface area (Å²) in [6, 6.07) is 3.61. The van der Waals surface area contributed by atoms with Crippen LogP contribution in [0.2, 0.25) is 0 Å². The second-order valence-electron chi connectivity index (χ2n) is 3.15. The van der Waals surface area contributed by atoms with Crippen LogP contribution in [-0.4, -0.2) is 14.8 Å². The first-order valence-corrected chi connectivity index (χ1v) is 4.79. The average molecular weight is 203 g/mol. The highest BCUT2D eigenvalue weighted by atomic mass is 15.3. The van der Waals surface area contributed by atoms with E-state index < -0.39 is 0 Å². The molecule has 0 saturated carbocycles. The largest absolute Gasteiger partial charge is 0.396 e. The molecule has 0 aliphatic heterocycles. The van der Waals surface area contributed by atoms with E-state index in [0.717, 1.165) is 12.2 Å². The topological polar surface area (TPSA) is 68.8 Å². The molecule has 0 amide bonds. The number of anilines is 3. The quantitative estimate of drug-likeness (QED) is 0.795. The minimum atomic E-state index is 0.627. The van der Waals surface area contributed by atoms with Crippen LogP contribution in [0, 0.1) is 0 Å². The molecule has 2 rings (SSSR count). The molecule has 2 aromatic heterocycles. The van der Waals surface area contributed by atoms with E-state index in [1.807, 2.05) is 17.8 Å². The third-order valence-corrected chi connectivity index (χ3v) is 2.06. The van der Waals surface area contributed by atoms with Gasteiger partial charge >= 0.3 is 0 Å². The Bertz CT molecular complexity index is 449. The van der Waals surface area contributed by atoms with Gasteiger partial charge in [0.25, 0.3) is 0 Å². The molecule has 0 bridgehead atoms. The molecule has 5 heteroatoms. The van der Waals surface area contributed by atoms with Crippen molar-refractivity contribution in [3.8, 4) is 0 Å². The molecule has 0 spiro atoms. The van der Waals surface area contributed by atoms with Gasteiger partial charge in [-0.1, -0.05) is 0 Å². The van der Waals surface area contributed by atoms with Crippen LogP contribution in [0.1, 0.15) is 6.92 Å². The molecule has 0 saturated heterocycles. The number of pyridine rings is 1. The first kappa shape index (κ1) is 9.51. The van der Waals surface area contributed by atoms with Gasteiger partial charge in [-0.05, 0) is 19.1 Å². The third-order valence-electron chi connectivity index (χ3n) is 2.06. The molecule has 0 unspecified atom stereocenters. The fourth-order valence-electron chi connectivity index (χ4n) is 1.26. The molecule has 0 radical (unpaired) electrons. The molecule has 2 heterocycles. The number of aryl methyl sites for hydroxylation is 1. The summed E-state index contributed by atoms with van der Waals surface area (Å²) in [4.78, 5) is 4.14. The van der Waals surface area contributed by atoms with Crippen molar-refractivity contribution in [2.75, 3.05) is 11.1 Å². The van der Waals surface area contributed by atoms with E-state index >= 15 is 0 Å². The maximum Gasteiger partial charge on any atom is 0.153 e. The van der Waals surface area contributed by atoms with Crippen molar-refractivity contribution in [3.63, 3.8) is 0 Å². The van der Waals surface area contributed by atoms with Gasteiger partial charge in [0.1, 0.15) is 0 Å². The van der Waals surface area contributed by atoms with Crippen LogP contribution in [0.3, 0.4) is 0 Å². The Labute approximate surface area is 87.9 Å². The predicted molar refractivity (Wildman–Crippen MR) is 59.8 cm³/mol. The van der Waals surface area contributed by atoms with E-state index in [4.69, 9.17) is 5.73 Å². The highest BCUT2D eigenvalue weighted by molar-refractivity contribution is 5.67. The summed E-state index contributed by atoms with van der Waals surface area (Å²) in [6.07, 6.45) is 5.36. The number of nitrogens with two attached hydrogens (primary N) is 1. The van der Waals surface area contributed by atoms with Crippen molar-refractivity contribution in [3.05, 3.63) is 30.7 Å². The zero-order chi connectivity index (χ0) is 10.7. The predicted octanol–water partition coefficient (Wildman–Crippen LogP) is 1.62. The number of hydrogen-bond acceptors (Lipinski definition) is 4. The van der Waals surface area contributed by atoms with Crippen LogP contribution in [-0.2, 0) is 6.54 Å². The molecule has 0 aliphatic carbocycles. The van der Waals surface area contributed by atoms with Crippen molar-refractivity contribution in [1.82, 2.24) is 14.8 Å². The molecule has 0 atom stereocenters. The lowest BCUT2D eigenvalue weighted by Gasteiger charge is -2.04. The molecule has 5 nitrogen and oxygen atoms in total. The first-order chi connectivity index (χ1) is 7.29. The molecular weight excluding hydrogens is 190 g/mol. The van der Waals surface area contributed by atoms with Gasteiger partial charge in [-0.3, -0.25) is 4.68 Å². The summed E-state index contributed by atoms with van der Waals surface area (Å²) in [5, 5.41) is 7.25. The standard InChI is InChI=1S/C10H13N5/c1-2-15-7-8(6-13-15)14-10-9(11)4-3-5-12-10/h3-7H,2,11H2,1H3,(H,12,14). The number of nitrogens with zero attached hydrogens (tertiary/aromatic N) is 3. The van der Waals surface area contributed by atoms with Gasteiger partial charge in [-0.25, -0.2) is 4.98 Å². The van der Waals surface area contributed by atoms with E-state index in [0.29, 0.717) is 11.5 Å². The lowest BCUT2D eigenvalue weighted by molar-refractivity contribution is 0.660. The molecule has 15 heavy (non-hydrogen) atoms. The maximum absolute atomic E-state index is 5.76. The van der Waals surface area contributed by atoms with Crippen molar-refractivity contribution in [2.24, 2.45) is 0 Å². The Morgan fingerprint density at radius 3 is 3.07 bits per heavy atom. The number of aromatic nitrogens is 3. The monoisotopic (exact) mass is 203 g/mol. The van der Waals surface area contributed by atoms with Crippen LogP contribution in [0.25, 0.3) is 0 Å². The summed E-state index contributed by atoms with van der Waals surface area (Å²) in [5.74, 6) is 0.660. The summed E-state index contributed by atoms with van der Waals surface area (Å²) in [7, 11) is 0. The van der Waals surface area contributed by atoms with E-state index in [1.165, 1.54) is 0 Å². The average Bonchev–Trinajstić information content (AvgIpc) is 2.69. The molecule has 0 aliphatic rings. The molecule has 78 valence electrons. The Morgan fingerprint density at radius 1 is 1.53 bits per heavy atom. The van der Waals surface area contributed by atoms with E-state index in [9.17, 15) is 0 Å². The second-order valence-corrected chi connectivity index (χ2v) is 3.15. The van der Waals surface area contributed by atoms with Crippen LogP contribution in [0.5, 0.6) is 0 Å². The summed E-state index contributed by atoms with van der Waals surface area (Å²) in [6.45, 7) is 2.88. The van der Waals surface area contributed by atoms with E-state index in [2.05, 4.69) is 15.4 Å². The SMILES string of the molecule is CCn1cc(Nc2ncccc2N)cn1. The highest BCUT2D eigenvalue weighted by Gasteiger charge is 2.01. The Kier molecular flexibility index (Phi) is 2.53. The Balaban J connectivity index is 2.18. The third kappa shape index (κ3) is 2.07. The summed E-state index contributed by atoms with van der Waals surface area (Å²) >= 11 is 0. The summed E-state index contributed by atoms with van der Waals surface area (Å²) in [5.41, 5.74) is 7.27. The van der Waals surface area contributed by atoms with Crippen LogP contribution >= 0.6 is 0 Å². The van der Waals surface area contributed by atoms with Gasteiger partial charge in [0.15, 0.2) is 5.82 Å². The normalized spacial score (nSPS) is 10.2. The zero-order valence-electron chi connectivity index (χ0n) is 8.51. The summed E-state index contributed by atoms with van der Waals surface area (Å²) < 4.78 is 1.83. The fourth-order valence-corrected chi connectivity index (χ4v) is 1.26. The minimum Gasteiger partial charge on any atom is -0.396 e. The van der Waals surface area contributed by atoms with Gasteiger partial charge in [-0.2, -0.15) is 5.10 Å². The van der Waals surface area contributed by atoms with Gasteiger partial charge in [0.2, 0.25) is 0 Å².